The van der Waals surface area contributed by atoms with Gasteiger partial charge >= 0.3 is 6.18 Å². The highest BCUT2D eigenvalue weighted by molar-refractivity contribution is 5.84. The largest absolute Gasteiger partial charge is 0.530 e. The lowest BCUT2D eigenvalue weighted by Gasteiger charge is -2.24. The molecule has 0 aliphatic heterocycles. The lowest BCUT2D eigenvalue weighted by atomic mass is 10.1. The standard InChI is InChI=1S/C10H9F4NO2/c1-2-15(9(16)17)8-5-6(10(12,13)14)3-4-7(8)11/h3-5H,2H2,1H3,(H,16,17)/p-1. The van der Waals surface area contributed by atoms with Crippen molar-refractivity contribution in [2.45, 2.75) is 13.1 Å². The number of anilines is 1. The number of benzene rings is 1. The number of nitrogens with zero attached hydrogens (tertiary/aromatic N) is 1. The van der Waals surface area contributed by atoms with Gasteiger partial charge in [-0.25, -0.2) is 4.39 Å². The van der Waals surface area contributed by atoms with Crippen molar-refractivity contribution in [3.8, 4) is 0 Å². The molecular formula is C10H8F4NO2-. The third kappa shape index (κ3) is 2.86. The zero-order chi connectivity index (χ0) is 13.2. The Hall–Kier alpha value is -1.79. The molecule has 94 valence electrons. The van der Waals surface area contributed by atoms with Crippen molar-refractivity contribution >= 4 is 11.8 Å². The van der Waals surface area contributed by atoms with Crippen molar-refractivity contribution < 1.29 is 27.5 Å². The molecule has 0 aromatic heterocycles. The third-order valence-electron chi connectivity index (χ3n) is 2.10. The van der Waals surface area contributed by atoms with Crippen LogP contribution in [0.2, 0.25) is 0 Å². The molecule has 3 nitrogen and oxygen atoms in total. The number of halogens is 4. The number of carbonyl (C=O) groups excluding carboxylic acids is 1. The first-order chi connectivity index (χ1) is 7.77. The van der Waals surface area contributed by atoms with E-state index >= 15 is 0 Å². The van der Waals surface area contributed by atoms with E-state index in [1.54, 1.807) is 0 Å². The average Bonchev–Trinajstić information content (AvgIpc) is 2.19. The van der Waals surface area contributed by atoms with Gasteiger partial charge in [0, 0.05) is 6.54 Å². The molecule has 0 saturated carbocycles. The molecule has 0 aliphatic carbocycles. The molecule has 1 aromatic rings. The van der Waals surface area contributed by atoms with E-state index in [9.17, 15) is 27.5 Å². The zero-order valence-corrected chi connectivity index (χ0v) is 8.71. The Balaban J connectivity index is 3.28. The predicted octanol–water partition coefficient (Wildman–Crippen LogP) is 2.01. The maximum absolute atomic E-state index is 13.3. The summed E-state index contributed by atoms with van der Waals surface area (Å²) in [4.78, 5) is 11.0. The molecule has 7 heteroatoms. The molecule has 1 amide bonds. The Kier molecular flexibility index (Phi) is 3.59. The van der Waals surface area contributed by atoms with Gasteiger partial charge in [0.1, 0.15) is 11.9 Å². The Morgan fingerprint density at radius 3 is 2.41 bits per heavy atom. The number of amides is 1. The summed E-state index contributed by atoms with van der Waals surface area (Å²) in [5.74, 6) is -1.05. The van der Waals surface area contributed by atoms with E-state index in [-0.39, 0.29) is 6.54 Å². The zero-order valence-electron chi connectivity index (χ0n) is 8.71. The Morgan fingerprint density at radius 2 is 2.00 bits per heavy atom. The summed E-state index contributed by atoms with van der Waals surface area (Å²) in [6.45, 7) is 1.15. The summed E-state index contributed by atoms with van der Waals surface area (Å²) in [5.41, 5.74) is -1.78. The second-order valence-electron chi connectivity index (χ2n) is 3.17. The normalized spacial score (nSPS) is 11.4. The SMILES string of the molecule is CCN(C(=O)[O-])c1cc(C(F)(F)F)ccc1F. The molecule has 0 aliphatic rings. The van der Waals surface area contributed by atoms with Gasteiger partial charge in [-0.1, -0.05) is 0 Å². The summed E-state index contributed by atoms with van der Waals surface area (Å²) in [6.07, 6.45) is -6.42. The molecule has 0 spiro atoms. The number of rotatable bonds is 2. The van der Waals surface area contributed by atoms with Gasteiger partial charge in [-0.15, -0.1) is 0 Å². The molecule has 0 saturated heterocycles. The highest BCUT2D eigenvalue weighted by Gasteiger charge is 2.31. The molecule has 0 bridgehead atoms. The van der Waals surface area contributed by atoms with Gasteiger partial charge in [-0.05, 0) is 25.1 Å². The molecule has 0 unspecified atom stereocenters. The molecule has 17 heavy (non-hydrogen) atoms. The topological polar surface area (TPSA) is 43.4 Å². The van der Waals surface area contributed by atoms with Gasteiger partial charge in [-0.2, -0.15) is 13.2 Å². The van der Waals surface area contributed by atoms with Crippen LogP contribution < -0.4 is 10.0 Å². The van der Waals surface area contributed by atoms with Crippen LogP contribution in [-0.2, 0) is 6.18 Å². The smallest absolute Gasteiger partial charge is 0.416 e. The van der Waals surface area contributed by atoms with E-state index < -0.39 is 29.3 Å². The monoisotopic (exact) mass is 250 g/mol. The van der Waals surface area contributed by atoms with Crippen molar-refractivity contribution in [1.29, 1.82) is 0 Å². The van der Waals surface area contributed by atoms with Gasteiger partial charge < -0.3 is 14.8 Å². The van der Waals surface area contributed by atoms with E-state index in [1.165, 1.54) is 6.92 Å². The molecular weight excluding hydrogens is 242 g/mol. The van der Waals surface area contributed by atoms with Gasteiger partial charge in [0.05, 0.1) is 11.3 Å². The first kappa shape index (κ1) is 13.3. The molecule has 0 fully saturated rings. The van der Waals surface area contributed by atoms with Crippen molar-refractivity contribution in [1.82, 2.24) is 0 Å². The third-order valence-corrected chi connectivity index (χ3v) is 2.10. The Bertz CT molecular complexity index is 431. The van der Waals surface area contributed by atoms with Gasteiger partial charge in [0.15, 0.2) is 0 Å². The maximum atomic E-state index is 13.3. The first-order valence-corrected chi connectivity index (χ1v) is 4.62. The highest BCUT2D eigenvalue weighted by atomic mass is 19.4. The van der Waals surface area contributed by atoms with Gasteiger partial charge in [-0.3, -0.25) is 0 Å². The quantitative estimate of drug-likeness (QED) is 0.753. The summed E-state index contributed by atoms with van der Waals surface area (Å²) in [5, 5.41) is 10.6. The van der Waals surface area contributed by atoms with Crippen LogP contribution in [-0.4, -0.2) is 12.6 Å². The molecule has 0 heterocycles. The van der Waals surface area contributed by atoms with Crippen LogP contribution in [0.5, 0.6) is 0 Å². The molecule has 1 rings (SSSR count). The average molecular weight is 250 g/mol. The molecule has 1 aromatic carbocycles. The number of alkyl halides is 3. The summed E-state index contributed by atoms with van der Waals surface area (Å²) < 4.78 is 50.3. The van der Waals surface area contributed by atoms with Crippen molar-refractivity contribution in [3.63, 3.8) is 0 Å². The fourth-order valence-corrected chi connectivity index (χ4v) is 1.29. The summed E-state index contributed by atoms with van der Waals surface area (Å²) in [7, 11) is 0. The predicted molar refractivity (Wildman–Crippen MR) is 49.8 cm³/mol. The second kappa shape index (κ2) is 4.60. The molecule has 0 atom stereocenters. The lowest BCUT2D eigenvalue weighted by molar-refractivity contribution is -0.246. The molecule has 0 radical (unpaired) electrons. The number of carbonyl (C=O) groups is 1. The van der Waals surface area contributed by atoms with E-state index in [1.807, 2.05) is 0 Å². The number of hydrogen-bond donors (Lipinski definition) is 0. The van der Waals surface area contributed by atoms with Crippen LogP contribution in [0.4, 0.5) is 28.0 Å². The van der Waals surface area contributed by atoms with Crippen LogP contribution in [0.3, 0.4) is 0 Å². The molecule has 0 N–H and O–H groups in total. The van der Waals surface area contributed by atoms with Crippen LogP contribution in [0.1, 0.15) is 12.5 Å². The minimum absolute atomic E-state index is 0.208. The minimum atomic E-state index is -4.66. The number of carboxylic acid groups (broad SMARTS) is 1. The maximum Gasteiger partial charge on any atom is 0.416 e. The van der Waals surface area contributed by atoms with E-state index in [0.29, 0.717) is 23.1 Å². The van der Waals surface area contributed by atoms with Crippen LogP contribution in [0.25, 0.3) is 0 Å². The Morgan fingerprint density at radius 1 is 1.41 bits per heavy atom. The number of hydrogen-bond acceptors (Lipinski definition) is 2. The van der Waals surface area contributed by atoms with Crippen molar-refractivity contribution in [3.05, 3.63) is 29.6 Å². The summed E-state index contributed by atoms with van der Waals surface area (Å²) in [6, 6.07) is 1.56. The Labute approximate surface area is 94.3 Å². The van der Waals surface area contributed by atoms with E-state index in [0.717, 1.165) is 0 Å². The second-order valence-corrected chi connectivity index (χ2v) is 3.17. The van der Waals surface area contributed by atoms with Crippen molar-refractivity contribution in [2.24, 2.45) is 0 Å². The van der Waals surface area contributed by atoms with Crippen LogP contribution in [0.15, 0.2) is 18.2 Å². The van der Waals surface area contributed by atoms with Gasteiger partial charge in [0.2, 0.25) is 0 Å². The highest BCUT2D eigenvalue weighted by Crippen LogP contribution is 2.32. The fourth-order valence-electron chi connectivity index (χ4n) is 1.29. The van der Waals surface area contributed by atoms with E-state index in [4.69, 9.17) is 0 Å². The van der Waals surface area contributed by atoms with Crippen LogP contribution in [0, 0.1) is 5.82 Å². The van der Waals surface area contributed by atoms with E-state index in [2.05, 4.69) is 0 Å². The van der Waals surface area contributed by atoms with Crippen LogP contribution >= 0.6 is 0 Å². The fraction of sp³-hybridized carbons (Fsp3) is 0.300. The lowest BCUT2D eigenvalue weighted by Crippen LogP contribution is -2.41. The van der Waals surface area contributed by atoms with Gasteiger partial charge in [0.25, 0.3) is 0 Å². The van der Waals surface area contributed by atoms with Crippen molar-refractivity contribution in [2.75, 3.05) is 11.4 Å². The minimum Gasteiger partial charge on any atom is -0.530 e. The first-order valence-electron chi connectivity index (χ1n) is 4.62. The summed E-state index contributed by atoms with van der Waals surface area (Å²) >= 11 is 0.